The molecule has 1 N–H and O–H groups in total. The molecule has 110 valence electrons. The van der Waals surface area contributed by atoms with Gasteiger partial charge in [-0.2, -0.15) is 5.10 Å². The lowest BCUT2D eigenvalue weighted by atomic mass is 10.1. The topological polar surface area (TPSA) is 34.8 Å². The van der Waals surface area contributed by atoms with Gasteiger partial charge in [0.25, 0.3) is 0 Å². The lowest BCUT2D eigenvalue weighted by molar-refractivity contribution is 0.535. The summed E-state index contributed by atoms with van der Waals surface area (Å²) in [7, 11) is 0. The summed E-state index contributed by atoms with van der Waals surface area (Å²) in [5, 5.41) is 8.03. The van der Waals surface area contributed by atoms with E-state index < -0.39 is 0 Å². The highest BCUT2D eigenvalue weighted by atomic mass is 15.3. The highest BCUT2D eigenvalue weighted by Gasteiger charge is 2.10. The summed E-state index contributed by atoms with van der Waals surface area (Å²) in [6.07, 6.45) is 5.53. The van der Waals surface area contributed by atoms with Crippen LogP contribution in [0.15, 0.2) is 24.5 Å². The fourth-order valence-corrected chi connectivity index (χ4v) is 2.70. The summed E-state index contributed by atoms with van der Waals surface area (Å²) in [6, 6.07) is 4.85. The van der Waals surface area contributed by atoms with Crippen LogP contribution in [0.2, 0.25) is 0 Å². The predicted molar refractivity (Wildman–Crippen MR) is 82.9 cm³/mol. The number of rotatable bonds is 7. The summed E-state index contributed by atoms with van der Waals surface area (Å²) in [6.45, 7) is 11.4. The first-order valence-electron chi connectivity index (χ1n) is 7.60. The molecule has 2 heterocycles. The van der Waals surface area contributed by atoms with Gasteiger partial charge in [0.2, 0.25) is 0 Å². The summed E-state index contributed by atoms with van der Waals surface area (Å²) in [5.74, 6) is 0. The number of nitrogens with zero attached hydrogens (tertiary/aromatic N) is 3. The number of aryl methyl sites for hydroxylation is 2. The van der Waals surface area contributed by atoms with Crippen molar-refractivity contribution in [2.45, 2.75) is 53.2 Å². The van der Waals surface area contributed by atoms with Crippen molar-refractivity contribution in [3.8, 4) is 0 Å². The maximum absolute atomic E-state index is 4.50. The van der Waals surface area contributed by atoms with E-state index in [-0.39, 0.29) is 0 Å². The van der Waals surface area contributed by atoms with Crippen molar-refractivity contribution in [2.75, 3.05) is 6.54 Å². The molecule has 0 bridgehead atoms. The van der Waals surface area contributed by atoms with Gasteiger partial charge in [0, 0.05) is 25.0 Å². The van der Waals surface area contributed by atoms with Crippen LogP contribution < -0.4 is 5.32 Å². The van der Waals surface area contributed by atoms with Crippen molar-refractivity contribution in [3.63, 3.8) is 0 Å². The Morgan fingerprint density at radius 1 is 1.30 bits per heavy atom. The fourth-order valence-electron chi connectivity index (χ4n) is 2.70. The monoisotopic (exact) mass is 274 g/mol. The van der Waals surface area contributed by atoms with Crippen LogP contribution in [0.25, 0.3) is 0 Å². The van der Waals surface area contributed by atoms with E-state index in [2.05, 4.69) is 71.9 Å². The van der Waals surface area contributed by atoms with Gasteiger partial charge in [-0.25, -0.2) is 0 Å². The van der Waals surface area contributed by atoms with E-state index in [1.807, 2.05) is 0 Å². The van der Waals surface area contributed by atoms with Crippen LogP contribution in [0.4, 0.5) is 0 Å². The molecule has 0 fully saturated rings. The molecule has 1 unspecified atom stereocenters. The molecule has 0 saturated heterocycles. The lowest BCUT2D eigenvalue weighted by Gasteiger charge is -2.14. The molecule has 2 aromatic rings. The van der Waals surface area contributed by atoms with Crippen LogP contribution in [0.3, 0.4) is 0 Å². The zero-order valence-electron chi connectivity index (χ0n) is 13.1. The number of nitrogens with one attached hydrogen (secondary N) is 1. The highest BCUT2D eigenvalue weighted by Crippen LogP contribution is 2.17. The molecule has 2 rings (SSSR count). The average molecular weight is 274 g/mol. The number of hydrogen-bond acceptors (Lipinski definition) is 2. The van der Waals surface area contributed by atoms with Crippen molar-refractivity contribution >= 4 is 0 Å². The SMILES string of the molecule is CCNC(CC)c1ccn(Cc2cc(C)nn2CC)c1. The van der Waals surface area contributed by atoms with Crippen LogP contribution in [0, 0.1) is 6.92 Å². The van der Waals surface area contributed by atoms with E-state index in [0.717, 1.165) is 31.7 Å². The first-order valence-corrected chi connectivity index (χ1v) is 7.60. The van der Waals surface area contributed by atoms with E-state index in [1.54, 1.807) is 0 Å². The van der Waals surface area contributed by atoms with E-state index in [9.17, 15) is 0 Å². The van der Waals surface area contributed by atoms with Crippen LogP contribution in [0.5, 0.6) is 0 Å². The summed E-state index contributed by atoms with van der Waals surface area (Å²) in [4.78, 5) is 0. The zero-order valence-corrected chi connectivity index (χ0v) is 13.1. The second-order valence-corrected chi connectivity index (χ2v) is 5.23. The van der Waals surface area contributed by atoms with Crippen LogP contribution in [0.1, 0.15) is 50.2 Å². The third-order valence-electron chi connectivity index (χ3n) is 3.66. The van der Waals surface area contributed by atoms with Gasteiger partial charge in [-0.1, -0.05) is 13.8 Å². The van der Waals surface area contributed by atoms with Gasteiger partial charge in [0.1, 0.15) is 0 Å². The molecule has 0 radical (unpaired) electrons. The van der Waals surface area contributed by atoms with Crippen molar-refractivity contribution in [2.24, 2.45) is 0 Å². The van der Waals surface area contributed by atoms with Crippen molar-refractivity contribution < 1.29 is 0 Å². The largest absolute Gasteiger partial charge is 0.348 e. The minimum Gasteiger partial charge on any atom is -0.348 e. The molecular weight excluding hydrogens is 248 g/mol. The average Bonchev–Trinajstić information content (AvgIpc) is 3.03. The summed E-state index contributed by atoms with van der Waals surface area (Å²) < 4.78 is 4.33. The quantitative estimate of drug-likeness (QED) is 0.842. The normalized spacial score (nSPS) is 12.8. The van der Waals surface area contributed by atoms with E-state index in [1.165, 1.54) is 11.3 Å². The third kappa shape index (κ3) is 3.31. The first-order chi connectivity index (χ1) is 9.67. The maximum atomic E-state index is 4.50. The smallest absolute Gasteiger partial charge is 0.0639 e. The molecular formula is C16H26N4. The minimum absolute atomic E-state index is 0.457. The predicted octanol–water partition coefficient (Wildman–Crippen LogP) is 3.12. The Morgan fingerprint density at radius 3 is 2.75 bits per heavy atom. The highest BCUT2D eigenvalue weighted by molar-refractivity contribution is 5.17. The van der Waals surface area contributed by atoms with Crippen molar-refractivity contribution in [1.29, 1.82) is 0 Å². The van der Waals surface area contributed by atoms with Gasteiger partial charge in [0.05, 0.1) is 17.9 Å². The Balaban J connectivity index is 2.12. The molecule has 4 heteroatoms. The van der Waals surface area contributed by atoms with Gasteiger partial charge >= 0.3 is 0 Å². The van der Waals surface area contributed by atoms with Gasteiger partial charge in [-0.05, 0) is 44.5 Å². The van der Waals surface area contributed by atoms with Crippen LogP contribution in [-0.2, 0) is 13.1 Å². The van der Waals surface area contributed by atoms with Gasteiger partial charge < -0.3 is 9.88 Å². The lowest BCUT2D eigenvalue weighted by Crippen LogP contribution is -2.19. The van der Waals surface area contributed by atoms with E-state index >= 15 is 0 Å². The Kier molecular flexibility index (Phi) is 5.01. The molecule has 0 aliphatic rings. The minimum atomic E-state index is 0.457. The fraction of sp³-hybridized carbons (Fsp3) is 0.562. The molecule has 2 aromatic heterocycles. The molecule has 0 amide bonds. The molecule has 1 atom stereocenters. The summed E-state index contributed by atoms with van der Waals surface area (Å²) in [5.41, 5.74) is 3.73. The Labute approximate surface area is 121 Å². The molecule has 0 aliphatic heterocycles. The summed E-state index contributed by atoms with van der Waals surface area (Å²) >= 11 is 0. The molecule has 0 aliphatic carbocycles. The van der Waals surface area contributed by atoms with Gasteiger partial charge in [-0.3, -0.25) is 4.68 Å². The second kappa shape index (κ2) is 6.75. The zero-order chi connectivity index (χ0) is 14.5. The third-order valence-corrected chi connectivity index (χ3v) is 3.66. The van der Waals surface area contributed by atoms with Gasteiger partial charge in [0.15, 0.2) is 0 Å². The Hall–Kier alpha value is -1.55. The molecule has 0 spiro atoms. The van der Waals surface area contributed by atoms with Crippen LogP contribution >= 0.6 is 0 Å². The maximum Gasteiger partial charge on any atom is 0.0639 e. The number of hydrogen-bond donors (Lipinski definition) is 1. The molecule has 0 saturated carbocycles. The first kappa shape index (κ1) is 14.9. The Bertz CT molecular complexity index is 538. The Morgan fingerprint density at radius 2 is 2.10 bits per heavy atom. The molecule has 20 heavy (non-hydrogen) atoms. The molecule has 0 aromatic carbocycles. The molecule has 4 nitrogen and oxygen atoms in total. The van der Waals surface area contributed by atoms with Crippen molar-refractivity contribution in [3.05, 3.63) is 41.5 Å². The van der Waals surface area contributed by atoms with Crippen molar-refractivity contribution in [1.82, 2.24) is 19.7 Å². The van der Waals surface area contributed by atoms with Gasteiger partial charge in [-0.15, -0.1) is 0 Å². The van der Waals surface area contributed by atoms with Crippen LogP contribution in [-0.4, -0.2) is 20.9 Å². The second-order valence-electron chi connectivity index (χ2n) is 5.23. The van der Waals surface area contributed by atoms with E-state index in [0.29, 0.717) is 6.04 Å². The standard InChI is InChI=1S/C16H26N4/c1-5-16(17-6-2)14-8-9-19(11-14)12-15-10-13(4)18-20(15)7-3/h8-11,16-17H,5-7,12H2,1-4H3. The number of aromatic nitrogens is 3. The van der Waals surface area contributed by atoms with E-state index in [4.69, 9.17) is 0 Å².